The van der Waals surface area contributed by atoms with E-state index in [0.717, 1.165) is 6.08 Å². The summed E-state index contributed by atoms with van der Waals surface area (Å²) in [5, 5.41) is 8.63. The molecule has 18 heavy (non-hydrogen) atoms. The predicted molar refractivity (Wildman–Crippen MR) is 61.7 cm³/mol. The van der Waals surface area contributed by atoms with Crippen molar-refractivity contribution >= 4 is 12.0 Å². The fraction of sp³-hybridized carbons (Fsp3) is 0.250. The molecule has 0 atom stereocenters. The Morgan fingerprint density at radius 3 is 2.83 bits per heavy atom. The van der Waals surface area contributed by atoms with E-state index in [0.29, 0.717) is 22.8 Å². The van der Waals surface area contributed by atoms with E-state index in [2.05, 4.69) is 0 Å². The Balaban J connectivity index is 2.31. The Morgan fingerprint density at radius 2 is 2.17 bits per heavy atom. The van der Waals surface area contributed by atoms with Gasteiger partial charge in [-0.25, -0.2) is 4.79 Å². The van der Waals surface area contributed by atoms with Crippen LogP contribution in [0.25, 0.3) is 6.08 Å². The zero-order valence-corrected chi connectivity index (χ0v) is 9.71. The van der Waals surface area contributed by atoms with Crippen LogP contribution in [0.2, 0.25) is 0 Å². The second-order valence-corrected chi connectivity index (χ2v) is 3.47. The number of carboxylic acid groups (broad SMARTS) is 1. The summed E-state index contributed by atoms with van der Waals surface area (Å²) in [4.78, 5) is 10.5. The molecule has 2 rings (SSSR count). The van der Waals surface area contributed by atoms with E-state index in [9.17, 15) is 4.79 Å². The van der Waals surface area contributed by atoms with Crippen LogP contribution in [0, 0.1) is 0 Å². The van der Waals surface area contributed by atoms with E-state index in [1.165, 1.54) is 13.2 Å². The molecular formula is C12H12O6. The summed E-state index contributed by atoms with van der Waals surface area (Å²) in [6.45, 7) is 0.207. The molecule has 1 aromatic carbocycles. The Hall–Kier alpha value is -2.21. The lowest BCUT2D eigenvalue weighted by molar-refractivity contribution is -0.131. The number of methoxy groups -OCH3 is 1. The molecule has 1 aromatic rings. The highest BCUT2D eigenvalue weighted by atomic mass is 16.7. The molecule has 96 valence electrons. The first-order chi connectivity index (χ1) is 8.70. The number of ether oxygens (including phenoxy) is 4. The largest absolute Gasteiger partial charge is 0.478 e. The fourth-order valence-electron chi connectivity index (χ4n) is 1.48. The molecule has 0 aliphatic carbocycles. The summed E-state index contributed by atoms with van der Waals surface area (Å²) in [6.07, 6.45) is 2.45. The molecule has 6 nitrogen and oxygen atoms in total. The maximum atomic E-state index is 10.5. The highest BCUT2D eigenvalue weighted by molar-refractivity contribution is 5.86. The highest BCUT2D eigenvalue weighted by Crippen LogP contribution is 2.38. The van der Waals surface area contributed by atoms with E-state index in [-0.39, 0.29) is 13.6 Å². The molecule has 1 aliphatic rings. The van der Waals surface area contributed by atoms with Gasteiger partial charge < -0.3 is 24.1 Å². The molecule has 0 radical (unpaired) electrons. The monoisotopic (exact) mass is 252 g/mol. The number of rotatable bonds is 5. The van der Waals surface area contributed by atoms with E-state index < -0.39 is 5.97 Å². The zero-order chi connectivity index (χ0) is 13.0. The van der Waals surface area contributed by atoms with E-state index in [4.69, 9.17) is 24.1 Å². The van der Waals surface area contributed by atoms with Gasteiger partial charge in [0, 0.05) is 24.8 Å². The Kier molecular flexibility index (Phi) is 3.69. The van der Waals surface area contributed by atoms with Gasteiger partial charge in [-0.15, -0.1) is 0 Å². The first-order valence-electron chi connectivity index (χ1n) is 5.17. The van der Waals surface area contributed by atoms with Crippen molar-refractivity contribution in [3.63, 3.8) is 0 Å². The number of aliphatic carboxylic acids is 1. The summed E-state index contributed by atoms with van der Waals surface area (Å²) < 4.78 is 20.6. The fourth-order valence-corrected chi connectivity index (χ4v) is 1.48. The summed E-state index contributed by atoms with van der Waals surface area (Å²) in [5.41, 5.74) is 0.582. The predicted octanol–water partition coefficient (Wildman–Crippen LogP) is 1.50. The van der Waals surface area contributed by atoms with Crippen LogP contribution in [0.1, 0.15) is 5.56 Å². The van der Waals surface area contributed by atoms with Crippen molar-refractivity contribution in [2.24, 2.45) is 0 Å². The quantitative estimate of drug-likeness (QED) is 0.632. The minimum Gasteiger partial charge on any atom is -0.478 e. The van der Waals surface area contributed by atoms with Gasteiger partial charge in [0.1, 0.15) is 5.75 Å². The molecule has 1 aliphatic heterocycles. The molecule has 0 fully saturated rings. The van der Waals surface area contributed by atoms with Gasteiger partial charge in [0.2, 0.25) is 6.79 Å². The number of hydrogen-bond acceptors (Lipinski definition) is 5. The third-order valence-corrected chi connectivity index (χ3v) is 2.24. The van der Waals surface area contributed by atoms with Crippen LogP contribution >= 0.6 is 0 Å². The van der Waals surface area contributed by atoms with Crippen LogP contribution in [0.3, 0.4) is 0 Å². The third-order valence-electron chi connectivity index (χ3n) is 2.24. The summed E-state index contributed by atoms with van der Waals surface area (Å²) in [6, 6.07) is 3.30. The summed E-state index contributed by atoms with van der Waals surface area (Å²) in [7, 11) is 1.50. The lowest BCUT2D eigenvalue weighted by atomic mass is 10.1. The molecule has 0 aromatic heterocycles. The van der Waals surface area contributed by atoms with Crippen LogP contribution in [0.5, 0.6) is 17.2 Å². The zero-order valence-electron chi connectivity index (χ0n) is 9.71. The Bertz CT molecular complexity index is 480. The van der Waals surface area contributed by atoms with Crippen molar-refractivity contribution in [2.75, 3.05) is 20.7 Å². The highest BCUT2D eigenvalue weighted by Gasteiger charge is 2.17. The van der Waals surface area contributed by atoms with Gasteiger partial charge in [0.05, 0.1) is 0 Å². The van der Waals surface area contributed by atoms with Gasteiger partial charge in [-0.2, -0.15) is 0 Å². The first-order valence-corrected chi connectivity index (χ1v) is 5.17. The van der Waals surface area contributed by atoms with Crippen molar-refractivity contribution < 1.29 is 28.8 Å². The average molecular weight is 252 g/mol. The standard InChI is InChI=1S/C12H12O6/c1-15-6-16-9-5-11-10(17-7-18-11)4-8(9)2-3-12(13)14/h2-5H,6-7H2,1H3,(H,13,14). The number of hydrogen-bond donors (Lipinski definition) is 1. The Labute approximate surface area is 103 Å². The first kappa shape index (κ1) is 12.3. The molecule has 1 N–H and O–H groups in total. The normalized spacial score (nSPS) is 12.9. The number of carboxylic acids is 1. The van der Waals surface area contributed by atoms with E-state index in [1.807, 2.05) is 0 Å². The van der Waals surface area contributed by atoms with Gasteiger partial charge in [0.25, 0.3) is 0 Å². The van der Waals surface area contributed by atoms with Crippen LogP contribution < -0.4 is 14.2 Å². The average Bonchev–Trinajstić information content (AvgIpc) is 2.79. The molecule has 0 spiro atoms. The van der Waals surface area contributed by atoms with Crippen molar-refractivity contribution in [3.05, 3.63) is 23.8 Å². The van der Waals surface area contributed by atoms with E-state index in [1.54, 1.807) is 12.1 Å². The Morgan fingerprint density at radius 1 is 1.44 bits per heavy atom. The van der Waals surface area contributed by atoms with Crippen molar-refractivity contribution in [2.45, 2.75) is 0 Å². The van der Waals surface area contributed by atoms with Crippen LogP contribution in [-0.4, -0.2) is 31.8 Å². The van der Waals surface area contributed by atoms with Gasteiger partial charge >= 0.3 is 5.97 Å². The molecule has 0 saturated carbocycles. The van der Waals surface area contributed by atoms with Gasteiger partial charge in [-0.1, -0.05) is 0 Å². The second kappa shape index (κ2) is 5.42. The lowest BCUT2D eigenvalue weighted by Crippen LogP contribution is -2.00. The molecule has 6 heteroatoms. The SMILES string of the molecule is COCOc1cc2c(cc1C=CC(=O)O)OCO2. The summed E-state index contributed by atoms with van der Waals surface area (Å²) in [5.74, 6) is 0.558. The van der Waals surface area contributed by atoms with Gasteiger partial charge in [-0.3, -0.25) is 0 Å². The number of benzene rings is 1. The second-order valence-electron chi connectivity index (χ2n) is 3.47. The molecule has 1 heterocycles. The third kappa shape index (κ3) is 2.72. The van der Waals surface area contributed by atoms with Gasteiger partial charge in [-0.05, 0) is 12.1 Å². The topological polar surface area (TPSA) is 74.2 Å². The van der Waals surface area contributed by atoms with Crippen LogP contribution in [0.15, 0.2) is 18.2 Å². The minimum atomic E-state index is -1.04. The molecule has 0 bridgehead atoms. The minimum absolute atomic E-state index is 0.0631. The molecule has 0 amide bonds. The molecular weight excluding hydrogens is 240 g/mol. The number of carbonyl (C=O) groups is 1. The maximum Gasteiger partial charge on any atom is 0.328 e. The molecule has 0 saturated heterocycles. The molecule has 0 unspecified atom stereocenters. The maximum absolute atomic E-state index is 10.5. The van der Waals surface area contributed by atoms with Crippen molar-refractivity contribution in [3.8, 4) is 17.2 Å². The van der Waals surface area contributed by atoms with E-state index >= 15 is 0 Å². The lowest BCUT2D eigenvalue weighted by Gasteiger charge is -2.09. The summed E-state index contributed by atoms with van der Waals surface area (Å²) >= 11 is 0. The van der Waals surface area contributed by atoms with Crippen LogP contribution in [-0.2, 0) is 9.53 Å². The van der Waals surface area contributed by atoms with Gasteiger partial charge in [0.15, 0.2) is 18.3 Å². The van der Waals surface area contributed by atoms with Crippen LogP contribution in [0.4, 0.5) is 0 Å². The van der Waals surface area contributed by atoms with Crippen molar-refractivity contribution in [1.29, 1.82) is 0 Å². The smallest absolute Gasteiger partial charge is 0.328 e. The van der Waals surface area contributed by atoms with Crippen molar-refractivity contribution in [1.82, 2.24) is 0 Å². The number of fused-ring (bicyclic) bond motifs is 1.